The number of thiocarbonyl (C=S) groups is 1. The predicted molar refractivity (Wildman–Crippen MR) is 209 cm³/mol. The van der Waals surface area contributed by atoms with Crippen molar-refractivity contribution in [3.05, 3.63) is 82.4 Å². The van der Waals surface area contributed by atoms with Gasteiger partial charge in [-0.1, -0.05) is 19.1 Å². The normalized spacial score (nSPS) is 19.0. The van der Waals surface area contributed by atoms with Gasteiger partial charge in [-0.2, -0.15) is 18.4 Å². The van der Waals surface area contributed by atoms with Crippen LogP contribution in [0.1, 0.15) is 61.6 Å². The molecule has 12 nitrogen and oxygen atoms in total. The van der Waals surface area contributed by atoms with Crippen molar-refractivity contribution in [2.75, 3.05) is 55.7 Å². The van der Waals surface area contributed by atoms with Gasteiger partial charge < -0.3 is 9.64 Å². The third-order valence-corrected chi connectivity index (χ3v) is 11.1. The number of pyridine rings is 1. The van der Waals surface area contributed by atoms with Crippen LogP contribution in [0.4, 0.5) is 28.9 Å². The molecule has 3 saturated heterocycles. The Kier molecular flexibility index (Phi) is 12.6. The third kappa shape index (κ3) is 9.19. The van der Waals surface area contributed by atoms with Crippen LogP contribution < -0.4 is 19.9 Å². The number of aromatic nitrogens is 1. The molecule has 306 valence electrons. The molecule has 3 aliphatic rings. The molecule has 0 radical (unpaired) electrons. The zero-order chi connectivity index (χ0) is 41.9. The number of carbonyl (C=O) groups is 4. The number of aryl methyl sites for hydroxylation is 1. The Morgan fingerprint density at radius 2 is 1.76 bits per heavy atom. The molecule has 3 aromatic rings. The van der Waals surface area contributed by atoms with Crippen LogP contribution >= 0.6 is 12.2 Å². The van der Waals surface area contributed by atoms with E-state index in [1.165, 1.54) is 12.1 Å². The quantitative estimate of drug-likeness (QED) is 0.142. The highest BCUT2D eigenvalue weighted by atomic mass is 32.1. The first-order valence-corrected chi connectivity index (χ1v) is 19.4. The van der Waals surface area contributed by atoms with Gasteiger partial charge in [-0.25, -0.2) is 9.37 Å². The number of amides is 3. The Morgan fingerprint density at radius 3 is 2.43 bits per heavy atom. The highest BCUT2D eigenvalue weighted by Crippen LogP contribution is 2.40. The Morgan fingerprint density at radius 1 is 1.03 bits per heavy atom. The number of hydrogen-bond acceptors (Lipinski definition) is 10. The number of nitrogens with zero attached hydrogens (tertiary/aromatic N) is 6. The number of alkyl halides is 3. The molecule has 0 spiro atoms. The number of imide groups is 1. The maximum Gasteiger partial charge on any atom is 0.419 e. The Hall–Kier alpha value is -5.31. The molecule has 1 N–H and O–H groups in total. The molecule has 1 atom stereocenters. The van der Waals surface area contributed by atoms with Gasteiger partial charge >= 0.3 is 6.18 Å². The molecular weight excluding hydrogens is 779 g/mol. The summed E-state index contributed by atoms with van der Waals surface area (Å²) in [6.07, 6.45) is -2.25. The molecule has 58 heavy (non-hydrogen) atoms. The third-order valence-electron chi connectivity index (χ3n) is 10.8. The fourth-order valence-electron chi connectivity index (χ4n) is 7.54. The molecule has 3 fully saturated rings. The van der Waals surface area contributed by atoms with E-state index in [1.54, 1.807) is 43.0 Å². The number of Topliss-reactive ketones (excluding diaryl/α,β-unsaturated/α-hetero) is 1. The van der Waals surface area contributed by atoms with Gasteiger partial charge in [0.1, 0.15) is 29.8 Å². The average Bonchev–Trinajstić information content (AvgIpc) is 3.36. The van der Waals surface area contributed by atoms with Gasteiger partial charge in [0.15, 0.2) is 16.6 Å². The van der Waals surface area contributed by atoms with Crippen LogP contribution in [0.3, 0.4) is 0 Å². The van der Waals surface area contributed by atoms with E-state index in [2.05, 4.69) is 15.2 Å². The van der Waals surface area contributed by atoms with Crippen LogP contribution in [0.15, 0.2) is 48.7 Å². The minimum atomic E-state index is -4.86. The van der Waals surface area contributed by atoms with E-state index in [0.29, 0.717) is 76.1 Å². The number of ether oxygens (including phenoxy) is 1. The fourth-order valence-corrected chi connectivity index (χ4v) is 8.06. The fraction of sp³-hybridized carbons (Fsp3) is 0.439. The lowest BCUT2D eigenvalue weighted by Crippen LogP contribution is -2.49. The maximum atomic E-state index is 14.7. The highest BCUT2D eigenvalue weighted by molar-refractivity contribution is 7.81. The lowest BCUT2D eigenvalue weighted by Gasteiger charge is -2.34. The number of rotatable bonds is 13. The van der Waals surface area contributed by atoms with Crippen LogP contribution in [0.5, 0.6) is 5.75 Å². The minimum absolute atomic E-state index is 0.0328. The van der Waals surface area contributed by atoms with E-state index in [9.17, 15) is 36.7 Å². The first-order chi connectivity index (χ1) is 27.5. The number of ketones is 1. The molecule has 1 aromatic heterocycles. The lowest BCUT2D eigenvalue weighted by molar-refractivity contribution is -0.138. The summed E-state index contributed by atoms with van der Waals surface area (Å²) < 4.78 is 62.0. The molecular formula is C41H43F4N7O5S. The van der Waals surface area contributed by atoms with Gasteiger partial charge in [0, 0.05) is 57.2 Å². The number of halogens is 4. The van der Waals surface area contributed by atoms with Gasteiger partial charge in [-0.3, -0.25) is 39.2 Å². The summed E-state index contributed by atoms with van der Waals surface area (Å²) >= 11 is 5.67. The summed E-state index contributed by atoms with van der Waals surface area (Å²) in [4.78, 5) is 60.8. The van der Waals surface area contributed by atoms with E-state index in [-0.39, 0.29) is 59.3 Å². The minimum Gasteiger partial charge on any atom is -0.492 e. The van der Waals surface area contributed by atoms with Gasteiger partial charge in [0.25, 0.3) is 5.91 Å². The molecule has 4 heterocycles. The second-order valence-corrected chi connectivity index (χ2v) is 15.5. The Bertz CT molecular complexity index is 2170. The molecule has 0 bridgehead atoms. The summed E-state index contributed by atoms with van der Waals surface area (Å²) in [6.45, 7) is 9.11. The zero-order valence-corrected chi connectivity index (χ0v) is 33.1. The highest BCUT2D eigenvalue weighted by Gasteiger charge is 2.51. The van der Waals surface area contributed by atoms with Crippen LogP contribution in [-0.2, 0) is 44.6 Å². The molecule has 3 aliphatic heterocycles. The molecule has 2 aromatic carbocycles. The van der Waals surface area contributed by atoms with Crippen molar-refractivity contribution in [1.82, 2.24) is 20.1 Å². The number of benzene rings is 2. The van der Waals surface area contributed by atoms with Crippen LogP contribution in [0.2, 0.25) is 0 Å². The number of nitrogens with one attached hydrogen (secondary N) is 1. The van der Waals surface area contributed by atoms with E-state index >= 15 is 0 Å². The van der Waals surface area contributed by atoms with Crippen LogP contribution in [0, 0.1) is 23.1 Å². The van der Waals surface area contributed by atoms with Crippen LogP contribution in [-0.4, -0.2) is 94.8 Å². The summed E-state index contributed by atoms with van der Waals surface area (Å²) in [5.74, 6) is -1.49. The number of nitriles is 1. The monoisotopic (exact) mass is 821 g/mol. The first kappa shape index (κ1) is 42.3. The topological polar surface area (TPSA) is 139 Å². The summed E-state index contributed by atoms with van der Waals surface area (Å²) in [6, 6.07) is 12.1. The van der Waals surface area contributed by atoms with Crippen molar-refractivity contribution in [2.24, 2.45) is 5.92 Å². The van der Waals surface area contributed by atoms with Crippen molar-refractivity contribution in [3.8, 4) is 11.8 Å². The second-order valence-electron chi connectivity index (χ2n) is 15.1. The summed E-state index contributed by atoms with van der Waals surface area (Å²) in [5, 5.41) is 11.5. The van der Waals surface area contributed by atoms with Gasteiger partial charge in [0.2, 0.25) is 11.8 Å². The lowest BCUT2D eigenvalue weighted by atomic mass is 9.90. The standard InChI is InChI=1S/C41H43F4N7O5S/c1-4-26-19-29(52-39(58)51(38(56)40(52,2)3)30-21-32(41(43,44)45)34(22-46)47-23-30)7-9-35(26)57-16-15-49-11-13-50(14-12-49)24-31(53)20-28-18-25(5-8-33(28)42)17-27-6-10-36(54)48-37(27)55/h5,7-9,18-19,21,23,27H,4,6,10-17,20,24H2,1-3H3,(H,48,54,55). The molecule has 0 saturated carbocycles. The largest absolute Gasteiger partial charge is 0.492 e. The van der Waals surface area contributed by atoms with Crippen LogP contribution in [0.25, 0.3) is 0 Å². The number of piperidine rings is 1. The summed E-state index contributed by atoms with van der Waals surface area (Å²) in [7, 11) is 0. The number of piperazine rings is 1. The van der Waals surface area contributed by atoms with E-state index in [0.717, 1.165) is 22.2 Å². The SMILES string of the molecule is CCc1cc(N2C(=S)N(c3cnc(C#N)c(C(F)(F)F)c3)C(=O)C2(C)C)ccc1OCCN1CCN(CC(=O)Cc2cc(CC3CCC(=O)NC3=O)ccc2F)CC1. The number of anilines is 2. The van der Waals surface area contributed by atoms with Crippen molar-refractivity contribution < 1.29 is 41.5 Å². The smallest absolute Gasteiger partial charge is 0.419 e. The predicted octanol–water partition coefficient (Wildman–Crippen LogP) is 4.99. The summed E-state index contributed by atoms with van der Waals surface area (Å²) in [5.41, 5.74) is -1.09. The van der Waals surface area contributed by atoms with Crippen molar-refractivity contribution in [2.45, 2.75) is 64.6 Å². The van der Waals surface area contributed by atoms with Gasteiger partial charge in [-0.05, 0) is 92.4 Å². The van der Waals surface area contributed by atoms with Gasteiger partial charge in [0.05, 0.1) is 24.0 Å². The molecule has 1 unspecified atom stereocenters. The molecule has 6 rings (SSSR count). The van der Waals surface area contributed by atoms with E-state index in [1.807, 2.05) is 17.9 Å². The number of carbonyl (C=O) groups excluding carboxylic acids is 4. The van der Waals surface area contributed by atoms with E-state index < -0.39 is 34.7 Å². The maximum absolute atomic E-state index is 14.7. The van der Waals surface area contributed by atoms with Crippen molar-refractivity contribution >= 4 is 52.2 Å². The Balaban J connectivity index is 1.00. The molecule has 3 amide bonds. The second kappa shape index (κ2) is 17.3. The average molecular weight is 822 g/mol. The van der Waals surface area contributed by atoms with Crippen molar-refractivity contribution in [3.63, 3.8) is 0 Å². The molecule has 17 heteroatoms. The molecule has 0 aliphatic carbocycles. The Labute approximate surface area is 338 Å². The zero-order valence-electron chi connectivity index (χ0n) is 32.3. The number of hydrogen-bond donors (Lipinski definition) is 1. The van der Waals surface area contributed by atoms with E-state index in [4.69, 9.17) is 22.2 Å². The first-order valence-electron chi connectivity index (χ1n) is 19.0. The van der Waals surface area contributed by atoms with Gasteiger partial charge in [-0.15, -0.1) is 0 Å². The van der Waals surface area contributed by atoms with Crippen molar-refractivity contribution in [1.29, 1.82) is 5.26 Å².